The number of hydrogen-bond donors (Lipinski definition) is 1. The van der Waals surface area contributed by atoms with Crippen molar-refractivity contribution in [3.63, 3.8) is 0 Å². The van der Waals surface area contributed by atoms with Gasteiger partial charge in [0.1, 0.15) is 10.7 Å². The summed E-state index contributed by atoms with van der Waals surface area (Å²) in [7, 11) is -2.21. The minimum absolute atomic E-state index is 0.0834. The van der Waals surface area contributed by atoms with E-state index in [2.05, 4.69) is 9.97 Å². The number of H-pyrrole nitrogens is 1. The number of rotatable bonds is 3. The van der Waals surface area contributed by atoms with Gasteiger partial charge < -0.3 is 4.98 Å². The molecular formula is C15H14ClN3O2S. The molecule has 0 radical (unpaired) electrons. The van der Waals surface area contributed by atoms with Gasteiger partial charge in [-0.1, -0.05) is 23.7 Å². The van der Waals surface area contributed by atoms with Crippen molar-refractivity contribution >= 4 is 38.3 Å². The highest BCUT2D eigenvalue weighted by atomic mass is 35.5. The summed E-state index contributed by atoms with van der Waals surface area (Å²) in [4.78, 5) is 7.48. The highest BCUT2D eigenvalue weighted by molar-refractivity contribution is 7.93. The molecule has 1 aromatic heterocycles. The topological polar surface area (TPSA) is 66.1 Å². The number of nitrogens with one attached hydrogen (secondary N) is 1. The molecule has 0 unspecified atom stereocenters. The first-order valence-electron chi connectivity index (χ1n) is 6.59. The van der Waals surface area contributed by atoms with Crippen molar-refractivity contribution < 1.29 is 8.42 Å². The molecule has 0 saturated heterocycles. The number of aromatic amines is 1. The Hall–Kier alpha value is -2.05. The molecule has 2 aromatic carbocycles. The number of benzene rings is 2. The van der Waals surface area contributed by atoms with Crippen LogP contribution < -0.4 is 4.31 Å². The van der Waals surface area contributed by atoms with Gasteiger partial charge in [-0.25, -0.2) is 13.4 Å². The van der Waals surface area contributed by atoms with Crippen LogP contribution in [0.25, 0.3) is 11.0 Å². The molecule has 0 atom stereocenters. The molecule has 0 amide bonds. The van der Waals surface area contributed by atoms with E-state index in [4.69, 9.17) is 11.6 Å². The predicted molar refractivity (Wildman–Crippen MR) is 87.9 cm³/mol. The van der Waals surface area contributed by atoms with E-state index in [1.54, 1.807) is 36.4 Å². The molecule has 3 rings (SSSR count). The zero-order valence-corrected chi connectivity index (χ0v) is 13.6. The quantitative estimate of drug-likeness (QED) is 0.798. The third-order valence-corrected chi connectivity index (χ3v) is 5.71. The van der Waals surface area contributed by atoms with Crippen LogP contribution in [0.2, 0.25) is 5.02 Å². The van der Waals surface area contributed by atoms with Gasteiger partial charge in [0.2, 0.25) is 0 Å². The molecule has 0 fully saturated rings. The van der Waals surface area contributed by atoms with Gasteiger partial charge in [-0.2, -0.15) is 0 Å². The molecule has 1 N–H and O–H groups in total. The summed E-state index contributed by atoms with van der Waals surface area (Å²) >= 11 is 6.02. The van der Waals surface area contributed by atoms with Crippen LogP contribution >= 0.6 is 11.6 Å². The van der Waals surface area contributed by atoms with Crippen molar-refractivity contribution in [1.82, 2.24) is 9.97 Å². The Balaban J connectivity index is 2.08. The zero-order chi connectivity index (χ0) is 15.9. The van der Waals surface area contributed by atoms with Gasteiger partial charge >= 0.3 is 0 Å². The number of sulfonamides is 1. The summed E-state index contributed by atoms with van der Waals surface area (Å²) in [6.07, 6.45) is 0. The average Bonchev–Trinajstić information content (AvgIpc) is 2.85. The summed E-state index contributed by atoms with van der Waals surface area (Å²) in [6, 6.07) is 11.7. The molecule has 0 aliphatic rings. The SMILES string of the molecule is Cc1nc2ccc(N(C)S(=O)(=O)c3ccccc3Cl)cc2[nH]1. The van der Waals surface area contributed by atoms with E-state index in [1.165, 1.54) is 17.4 Å². The summed E-state index contributed by atoms with van der Waals surface area (Å²) in [5.74, 6) is 0.781. The standard InChI is InChI=1S/C15H14ClN3O2S/c1-10-17-13-8-7-11(9-14(13)18-10)19(2)22(20,21)15-6-4-3-5-12(15)16/h3-9H,1-2H3,(H,17,18). The maximum absolute atomic E-state index is 12.7. The number of aryl methyl sites for hydroxylation is 1. The lowest BCUT2D eigenvalue weighted by Crippen LogP contribution is -2.26. The van der Waals surface area contributed by atoms with Crippen molar-refractivity contribution in [3.05, 3.63) is 53.3 Å². The second-order valence-electron chi connectivity index (χ2n) is 4.93. The lowest BCUT2D eigenvalue weighted by atomic mass is 10.3. The van der Waals surface area contributed by atoms with Crippen molar-refractivity contribution in [2.24, 2.45) is 0 Å². The molecule has 0 saturated carbocycles. The molecule has 0 aliphatic heterocycles. The number of halogens is 1. The van der Waals surface area contributed by atoms with Crippen LogP contribution in [-0.4, -0.2) is 25.4 Å². The van der Waals surface area contributed by atoms with E-state index in [9.17, 15) is 8.42 Å². The molecule has 3 aromatic rings. The first kappa shape index (κ1) is 14.9. The van der Waals surface area contributed by atoms with E-state index in [1.807, 2.05) is 6.92 Å². The van der Waals surface area contributed by atoms with Crippen LogP contribution in [0.4, 0.5) is 5.69 Å². The third-order valence-electron chi connectivity index (χ3n) is 3.42. The number of imidazole rings is 1. The maximum Gasteiger partial charge on any atom is 0.265 e. The van der Waals surface area contributed by atoms with Gasteiger partial charge in [0.25, 0.3) is 10.0 Å². The Morgan fingerprint density at radius 3 is 2.64 bits per heavy atom. The average molecular weight is 336 g/mol. The largest absolute Gasteiger partial charge is 0.342 e. The van der Waals surface area contributed by atoms with Crippen molar-refractivity contribution in [2.45, 2.75) is 11.8 Å². The fraction of sp³-hybridized carbons (Fsp3) is 0.133. The molecule has 114 valence electrons. The summed E-state index contributed by atoms with van der Waals surface area (Å²) in [5, 5.41) is 0.202. The van der Waals surface area contributed by atoms with Gasteiger partial charge in [-0.05, 0) is 37.3 Å². The van der Waals surface area contributed by atoms with Crippen LogP contribution in [0, 0.1) is 6.92 Å². The maximum atomic E-state index is 12.7. The lowest BCUT2D eigenvalue weighted by Gasteiger charge is -2.20. The zero-order valence-electron chi connectivity index (χ0n) is 12.0. The highest BCUT2D eigenvalue weighted by Crippen LogP contribution is 2.28. The molecule has 5 nitrogen and oxygen atoms in total. The van der Waals surface area contributed by atoms with E-state index >= 15 is 0 Å². The summed E-state index contributed by atoms with van der Waals surface area (Å²) < 4.78 is 26.6. The molecule has 0 spiro atoms. The minimum Gasteiger partial charge on any atom is -0.342 e. The van der Waals surface area contributed by atoms with Crippen LogP contribution in [0.1, 0.15) is 5.82 Å². The van der Waals surface area contributed by atoms with Crippen LogP contribution in [-0.2, 0) is 10.0 Å². The van der Waals surface area contributed by atoms with E-state index < -0.39 is 10.0 Å². The molecule has 0 aliphatic carbocycles. The second kappa shape index (κ2) is 5.30. The fourth-order valence-corrected chi connectivity index (χ4v) is 3.94. The Morgan fingerprint density at radius 1 is 1.18 bits per heavy atom. The number of hydrogen-bond acceptors (Lipinski definition) is 3. The predicted octanol–water partition coefficient (Wildman–Crippen LogP) is 3.35. The van der Waals surface area contributed by atoms with Gasteiger partial charge in [-0.15, -0.1) is 0 Å². The van der Waals surface area contributed by atoms with Gasteiger partial charge in [-0.3, -0.25) is 4.31 Å². The number of nitrogens with zero attached hydrogens (tertiary/aromatic N) is 2. The number of fused-ring (bicyclic) bond motifs is 1. The molecule has 7 heteroatoms. The second-order valence-corrected chi connectivity index (χ2v) is 7.27. The highest BCUT2D eigenvalue weighted by Gasteiger charge is 2.24. The van der Waals surface area contributed by atoms with Gasteiger partial charge in [0, 0.05) is 7.05 Å². The Labute approximate surface area is 133 Å². The smallest absolute Gasteiger partial charge is 0.265 e. The molecular weight excluding hydrogens is 322 g/mol. The third kappa shape index (κ3) is 2.44. The fourth-order valence-electron chi connectivity index (χ4n) is 2.26. The molecule has 0 bridgehead atoms. The first-order valence-corrected chi connectivity index (χ1v) is 8.41. The number of anilines is 1. The van der Waals surface area contributed by atoms with E-state index in [-0.39, 0.29) is 9.92 Å². The van der Waals surface area contributed by atoms with Crippen LogP contribution in [0.5, 0.6) is 0 Å². The van der Waals surface area contributed by atoms with Gasteiger partial charge in [0.15, 0.2) is 0 Å². The first-order chi connectivity index (χ1) is 10.4. The van der Waals surface area contributed by atoms with Gasteiger partial charge in [0.05, 0.1) is 21.7 Å². The van der Waals surface area contributed by atoms with Crippen molar-refractivity contribution in [2.75, 3.05) is 11.4 Å². The Kier molecular flexibility index (Phi) is 3.58. The van der Waals surface area contributed by atoms with E-state index in [0.29, 0.717) is 5.69 Å². The summed E-state index contributed by atoms with van der Waals surface area (Å²) in [6.45, 7) is 1.85. The normalized spacial score (nSPS) is 11.8. The molecule has 1 heterocycles. The van der Waals surface area contributed by atoms with Crippen LogP contribution in [0.15, 0.2) is 47.4 Å². The lowest BCUT2D eigenvalue weighted by molar-refractivity contribution is 0.594. The Bertz CT molecular complexity index is 950. The van der Waals surface area contributed by atoms with Crippen LogP contribution in [0.3, 0.4) is 0 Å². The summed E-state index contributed by atoms with van der Waals surface area (Å²) in [5.41, 5.74) is 2.12. The van der Waals surface area contributed by atoms with Crippen molar-refractivity contribution in [1.29, 1.82) is 0 Å². The number of aromatic nitrogens is 2. The minimum atomic E-state index is -3.72. The monoisotopic (exact) mass is 335 g/mol. The Morgan fingerprint density at radius 2 is 1.91 bits per heavy atom. The molecule has 22 heavy (non-hydrogen) atoms. The van der Waals surface area contributed by atoms with Crippen molar-refractivity contribution in [3.8, 4) is 0 Å². The van der Waals surface area contributed by atoms with E-state index in [0.717, 1.165) is 16.9 Å².